The van der Waals surface area contributed by atoms with Crippen LogP contribution < -0.4 is 11.1 Å². The zero-order valence-electron chi connectivity index (χ0n) is 19.7. The van der Waals surface area contributed by atoms with Gasteiger partial charge in [0.1, 0.15) is 0 Å². The average molecular weight is 532 g/mol. The lowest BCUT2D eigenvalue weighted by Crippen LogP contribution is -2.42. The van der Waals surface area contributed by atoms with E-state index in [4.69, 9.17) is 17.3 Å². The molecule has 11 heteroatoms. The SMILES string of the molecule is CCS(=O)(=O)c1ccc(Cl)cc1CNC(=O)c1ccc(C(C)(C)N2CCC(N)C2)c(C(F)(F)F)c1. The van der Waals surface area contributed by atoms with Gasteiger partial charge in [0.05, 0.1) is 16.2 Å². The van der Waals surface area contributed by atoms with Crippen molar-refractivity contribution in [1.29, 1.82) is 0 Å². The highest BCUT2D eigenvalue weighted by Gasteiger charge is 2.42. The second-order valence-electron chi connectivity index (χ2n) is 9.15. The average Bonchev–Trinajstić information content (AvgIpc) is 3.23. The van der Waals surface area contributed by atoms with Crippen LogP contribution in [-0.4, -0.2) is 44.1 Å². The molecule has 1 aliphatic rings. The van der Waals surface area contributed by atoms with Gasteiger partial charge in [0.15, 0.2) is 9.84 Å². The number of nitrogens with two attached hydrogens (primary N) is 1. The predicted molar refractivity (Wildman–Crippen MR) is 129 cm³/mol. The summed E-state index contributed by atoms with van der Waals surface area (Å²) in [6.07, 6.45) is -3.98. The van der Waals surface area contributed by atoms with Crippen molar-refractivity contribution in [2.24, 2.45) is 5.73 Å². The Morgan fingerprint density at radius 3 is 2.43 bits per heavy atom. The van der Waals surface area contributed by atoms with E-state index < -0.39 is 33.0 Å². The number of carbonyl (C=O) groups is 1. The zero-order chi connectivity index (χ0) is 26.2. The minimum atomic E-state index is -4.68. The second kappa shape index (κ2) is 10.1. The van der Waals surface area contributed by atoms with Crippen molar-refractivity contribution in [2.75, 3.05) is 18.8 Å². The summed E-state index contributed by atoms with van der Waals surface area (Å²) in [6.45, 7) is 5.76. The fourth-order valence-electron chi connectivity index (χ4n) is 4.34. The molecule has 0 bridgehead atoms. The molecule has 1 amide bonds. The van der Waals surface area contributed by atoms with Gasteiger partial charge in [-0.2, -0.15) is 13.2 Å². The molecule has 0 saturated carbocycles. The Morgan fingerprint density at radius 1 is 1.17 bits per heavy atom. The van der Waals surface area contributed by atoms with Crippen LogP contribution in [0.5, 0.6) is 0 Å². The van der Waals surface area contributed by atoms with Gasteiger partial charge in [0.25, 0.3) is 5.91 Å². The summed E-state index contributed by atoms with van der Waals surface area (Å²) in [4.78, 5) is 14.7. The molecule has 0 aliphatic carbocycles. The first-order valence-electron chi connectivity index (χ1n) is 11.2. The number of carbonyl (C=O) groups excluding carboxylic acids is 1. The first kappa shape index (κ1) is 27.4. The molecule has 0 aromatic heterocycles. The summed E-state index contributed by atoms with van der Waals surface area (Å²) in [5.41, 5.74) is 4.25. The molecule has 1 atom stereocenters. The number of likely N-dealkylation sites (tertiary alicyclic amines) is 1. The van der Waals surface area contributed by atoms with Crippen LogP contribution in [0.1, 0.15) is 54.2 Å². The molecule has 1 unspecified atom stereocenters. The lowest BCUT2D eigenvalue weighted by molar-refractivity contribution is -0.139. The minimum Gasteiger partial charge on any atom is -0.348 e. The van der Waals surface area contributed by atoms with Crippen LogP contribution in [-0.2, 0) is 28.1 Å². The zero-order valence-corrected chi connectivity index (χ0v) is 21.3. The maximum absolute atomic E-state index is 14.0. The van der Waals surface area contributed by atoms with Crippen molar-refractivity contribution in [3.63, 3.8) is 0 Å². The molecule has 1 saturated heterocycles. The molecule has 0 spiro atoms. The summed E-state index contributed by atoms with van der Waals surface area (Å²) in [5.74, 6) is -0.910. The van der Waals surface area contributed by atoms with Crippen molar-refractivity contribution in [3.05, 3.63) is 63.7 Å². The van der Waals surface area contributed by atoms with Crippen LogP contribution in [0, 0.1) is 0 Å². The summed E-state index contributed by atoms with van der Waals surface area (Å²) in [6, 6.07) is 7.61. The van der Waals surface area contributed by atoms with E-state index >= 15 is 0 Å². The Bertz CT molecular complexity index is 1220. The second-order valence-corrected chi connectivity index (χ2v) is 11.8. The number of halogens is 4. The van der Waals surface area contributed by atoms with E-state index in [1.807, 2.05) is 4.90 Å². The van der Waals surface area contributed by atoms with Gasteiger partial charge in [-0.05, 0) is 61.7 Å². The van der Waals surface area contributed by atoms with E-state index in [1.54, 1.807) is 13.8 Å². The van der Waals surface area contributed by atoms with Gasteiger partial charge in [0, 0.05) is 41.8 Å². The number of nitrogens with zero attached hydrogens (tertiary/aromatic N) is 1. The number of sulfone groups is 1. The van der Waals surface area contributed by atoms with Crippen LogP contribution in [0.3, 0.4) is 0 Å². The number of benzene rings is 2. The molecule has 1 aliphatic heterocycles. The van der Waals surface area contributed by atoms with Crippen LogP contribution in [0.25, 0.3) is 0 Å². The number of hydrogen-bond acceptors (Lipinski definition) is 5. The highest BCUT2D eigenvalue weighted by molar-refractivity contribution is 7.91. The van der Waals surface area contributed by atoms with E-state index in [1.165, 1.54) is 37.3 Å². The Morgan fingerprint density at radius 2 is 1.86 bits per heavy atom. The summed E-state index contributed by atoms with van der Waals surface area (Å²) in [7, 11) is -3.59. The molecule has 1 heterocycles. The summed E-state index contributed by atoms with van der Waals surface area (Å²) < 4.78 is 66.9. The molecule has 192 valence electrons. The minimum absolute atomic E-state index is 0.0154. The third-order valence-electron chi connectivity index (χ3n) is 6.44. The number of nitrogens with one attached hydrogen (secondary N) is 1. The third kappa shape index (κ3) is 5.99. The quantitative estimate of drug-likeness (QED) is 0.554. The van der Waals surface area contributed by atoms with Gasteiger partial charge in [-0.25, -0.2) is 8.42 Å². The molecule has 2 aromatic rings. The first-order chi connectivity index (χ1) is 16.2. The first-order valence-corrected chi connectivity index (χ1v) is 13.2. The molecule has 0 radical (unpaired) electrons. The fraction of sp³-hybridized carbons (Fsp3) is 0.458. The predicted octanol–water partition coefficient (Wildman–Crippen LogP) is 4.35. The maximum atomic E-state index is 14.0. The van der Waals surface area contributed by atoms with Crippen molar-refractivity contribution >= 4 is 27.3 Å². The van der Waals surface area contributed by atoms with Gasteiger partial charge in [-0.15, -0.1) is 0 Å². The standard InChI is InChI=1S/C24H29ClF3N3O3S/c1-4-35(33,34)21-8-6-17(25)11-16(21)13-30-22(32)15-5-7-19(20(12-15)24(26,27)28)23(2,3)31-10-9-18(29)14-31/h5-8,11-12,18H,4,9-10,13-14,29H2,1-3H3,(H,30,32). The molecule has 1 fully saturated rings. The molecule has 3 rings (SSSR count). The van der Waals surface area contributed by atoms with Gasteiger partial charge in [-0.1, -0.05) is 24.6 Å². The Kier molecular flexibility index (Phi) is 7.91. The molecular formula is C24H29ClF3N3O3S. The van der Waals surface area contributed by atoms with E-state index in [9.17, 15) is 26.4 Å². The van der Waals surface area contributed by atoms with Crippen LogP contribution >= 0.6 is 11.6 Å². The van der Waals surface area contributed by atoms with Crippen molar-refractivity contribution in [3.8, 4) is 0 Å². The van der Waals surface area contributed by atoms with Crippen LogP contribution in [0.2, 0.25) is 5.02 Å². The number of hydrogen-bond donors (Lipinski definition) is 2. The molecular weight excluding hydrogens is 503 g/mol. The highest BCUT2D eigenvalue weighted by atomic mass is 35.5. The summed E-state index contributed by atoms with van der Waals surface area (Å²) >= 11 is 5.99. The van der Waals surface area contributed by atoms with Gasteiger partial charge >= 0.3 is 6.18 Å². The maximum Gasteiger partial charge on any atom is 0.416 e. The van der Waals surface area contributed by atoms with Crippen LogP contribution in [0.15, 0.2) is 41.3 Å². The van der Waals surface area contributed by atoms with E-state index in [0.29, 0.717) is 19.5 Å². The molecule has 6 nitrogen and oxygen atoms in total. The normalized spacial score (nSPS) is 17.5. The third-order valence-corrected chi connectivity index (χ3v) is 8.50. The van der Waals surface area contributed by atoms with Crippen molar-refractivity contribution in [1.82, 2.24) is 10.2 Å². The topological polar surface area (TPSA) is 92.5 Å². The number of alkyl halides is 3. The Balaban J connectivity index is 1.90. The van der Waals surface area contributed by atoms with Crippen LogP contribution in [0.4, 0.5) is 13.2 Å². The number of rotatable bonds is 7. The summed E-state index contributed by atoms with van der Waals surface area (Å²) in [5, 5.41) is 2.80. The van der Waals surface area contributed by atoms with Gasteiger partial charge < -0.3 is 11.1 Å². The lowest BCUT2D eigenvalue weighted by atomic mass is 9.87. The van der Waals surface area contributed by atoms with Crippen molar-refractivity contribution < 1.29 is 26.4 Å². The largest absolute Gasteiger partial charge is 0.416 e. The smallest absolute Gasteiger partial charge is 0.348 e. The van der Waals surface area contributed by atoms with Crippen molar-refractivity contribution in [2.45, 2.75) is 56.4 Å². The molecule has 2 aromatic carbocycles. The van der Waals surface area contributed by atoms with E-state index in [0.717, 1.165) is 6.07 Å². The van der Waals surface area contributed by atoms with E-state index in [2.05, 4.69) is 5.32 Å². The Labute approximate surface area is 208 Å². The monoisotopic (exact) mass is 531 g/mol. The Hall–Kier alpha value is -2.14. The fourth-order valence-corrected chi connectivity index (χ4v) is 5.65. The molecule has 3 N–H and O–H groups in total. The molecule has 35 heavy (non-hydrogen) atoms. The van der Waals surface area contributed by atoms with Gasteiger partial charge in [-0.3, -0.25) is 9.69 Å². The highest BCUT2D eigenvalue weighted by Crippen LogP contribution is 2.40. The number of amides is 1. The van der Waals surface area contributed by atoms with E-state index in [-0.39, 0.29) is 44.9 Å². The lowest BCUT2D eigenvalue weighted by Gasteiger charge is -2.38. The van der Waals surface area contributed by atoms with Gasteiger partial charge in [0.2, 0.25) is 0 Å².